The number of aromatic nitrogens is 4. The molecule has 1 aliphatic rings. The highest BCUT2D eigenvalue weighted by atomic mass is 16.5. The van der Waals surface area contributed by atoms with Crippen LogP contribution in [0.1, 0.15) is 30.0 Å². The fourth-order valence-corrected chi connectivity index (χ4v) is 3.55. The van der Waals surface area contributed by atoms with Crippen LogP contribution in [-0.4, -0.2) is 50.9 Å². The van der Waals surface area contributed by atoms with E-state index in [1.165, 1.54) is 0 Å². The van der Waals surface area contributed by atoms with E-state index in [9.17, 15) is 4.79 Å². The molecule has 0 saturated carbocycles. The van der Waals surface area contributed by atoms with E-state index in [0.29, 0.717) is 24.9 Å². The largest absolute Gasteiger partial charge is 0.497 e. The number of rotatable bonds is 7. The lowest BCUT2D eigenvalue weighted by Gasteiger charge is -2.17. The van der Waals surface area contributed by atoms with Crippen LogP contribution in [0.3, 0.4) is 0 Å². The molecular weight excluding hydrogens is 380 g/mol. The van der Waals surface area contributed by atoms with E-state index in [0.717, 1.165) is 36.4 Å². The number of amides is 1. The van der Waals surface area contributed by atoms with Gasteiger partial charge < -0.3 is 9.64 Å². The molecule has 1 atom stereocenters. The van der Waals surface area contributed by atoms with Crippen molar-refractivity contribution in [3.8, 4) is 5.75 Å². The number of methoxy groups -OCH3 is 1. The lowest BCUT2D eigenvalue weighted by Crippen LogP contribution is -2.28. The molecule has 0 spiro atoms. The molecule has 154 valence electrons. The Bertz CT molecular complexity index is 980. The van der Waals surface area contributed by atoms with Gasteiger partial charge in [-0.15, -0.1) is 0 Å². The van der Waals surface area contributed by atoms with Crippen LogP contribution >= 0.6 is 0 Å². The second kappa shape index (κ2) is 9.30. The minimum atomic E-state index is 0.179. The first-order valence-electron chi connectivity index (χ1n) is 9.99. The Hall–Kier alpha value is -3.55. The number of hydrogen-bond acceptors (Lipinski definition) is 7. The molecular formula is C22H24N6O2. The third-order valence-corrected chi connectivity index (χ3v) is 5.21. The Labute approximate surface area is 175 Å². The molecule has 1 unspecified atom stereocenters. The minimum absolute atomic E-state index is 0.179. The van der Waals surface area contributed by atoms with E-state index >= 15 is 0 Å². The second-order valence-electron chi connectivity index (χ2n) is 7.18. The van der Waals surface area contributed by atoms with Crippen molar-refractivity contribution in [2.75, 3.05) is 25.5 Å². The summed E-state index contributed by atoms with van der Waals surface area (Å²) in [5.41, 5.74) is 2.06. The summed E-state index contributed by atoms with van der Waals surface area (Å²) in [4.78, 5) is 31.7. The molecule has 1 aliphatic heterocycles. The first kappa shape index (κ1) is 19.8. The van der Waals surface area contributed by atoms with E-state index in [4.69, 9.17) is 4.74 Å². The maximum Gasteiger partial charge on any atom is 0.229 e. The first-order valence-corrected chi connectivity index (χ1v) is 9.99. The van der Waals surface area contributed by atoms with Crippen LogP contribution in [-0.2, 0) is 11.2 Å². The van der Waals surface area contributed by atoms with E-state index in [1.807, 2.05) is 35.2 Å². The van der Waals surface area contributed by atoms with E-state index in [2.05, 4.69) is 25.3 Å². The maximum atomic E-state index is 12.7. The van der Waals surface area contributed by atoms with Gasteiger partial charge in [0.05, 0.1) is 12.8 Å². The number of likely N-dealkylation sites (tertiary alicyclic amines) is 1. The lowest BCUT2D eigenvalue weighted by molar-refractivity contribution is -0.130. The normalized spacial score (nSPS) is 15.8. The number of aryl methyl sites for hydroxylation is 1. The zero-order chi connectivity index (χ0) is 20.8. The van der Waals surface area contributed by atoms with Crippen LogP contribution in [0.4, 0.5) is 11.9 Å². The van der Waals surface area contributed by atoms with Crippen molar-refractivity contribution in [2.24, 2.45) is 0 Å². The zero-order valence-electron chi connectivity index (χ0n) is 16.9. The van der Waals surface area contributed by atoms with Gasteiger partial charge in [-0.2, -0.15) is 0 Å². The number of nitrogens with one attached hydrogen (secondary N) is 1. The number of nitrogens with zero attached hydrogens (tertiary/aromatic N) is 5. The molecule has 0 aliphatic carbocycles. The summed E-state index contributed by atoms with van der Waals surface area (Å²) in [7, 11) is 1.65. The molecule has 0 bridgehead atoms. The van der Waals surface area contributed by atoms with E-state index in [-0.39, 0.29) is 11.8 Å². The minimum Gasteiger partial charge on any atom is -0.497 e. The average Bonchev–Trinajstić information content (AvgIpc) is 3.29. The molecule has 1 saturated heterocycles. The molecule has 1 fully saturated rings. The van der Waals surface area contributed by atoms with Gasteiger partial charge in [-0.1, -0.05) is 12.1 Å². The van der Waals surface area contributed by atoms with Crippen LogP contribution in [0.5, 0.6) is 5.75 Å². The summed E-state index contributed by atoms with van der Waals surface area (Å²) in [6, 6.07) is 11.5. The Kier molecular flexibility index (Phi) is 6.12. The van der Waals surface area contributed by atoms with Crippen LogP contribution in [0, 0.1) is 0 Å². The van der Waals surface area contributed by atoms with Gasteiger partial charge in [0.15, 0.2) is 0 Å². The zero-order valence-corrected chi connectivity index (χ0v) is 16.9. The van der Waals surface area contributed by atoms with Crippen molar-refractivity contribution in [3.05, 3.63) is 66.2 Å². The first-order chi connectivity index (χ1) is 14.7. The Balaban J connectivity index is 1.32. The Morgan fingerprint density at radius 2 is 1.87 bits per heavy atom. The molecule has 1 aromatic carbocycles. The molecule has 30 heavy (non-hydrogen) atoms. The van der Waals surface area contributed by atoms with Crippen molar-refractivity contribution in [1.82, 2.24) is 24.8 Å². The molecule has 3 heterocycles. The van der Waals surface area contributed by atoms with E-state index < -0.39 is 0 Å². The van der Waals surface area contributed by atoms with Crippen molar-refractivity contribution in [3.63, 3.8) is 0 Å². The smallest absolute Gasteiger partial charge is 0.229 e. The van der Waals surface area contributed by atoms with Gasteiger partial charge in [-0.25, -0.2) is 19.9 Å². The molecule has 1 amide bonds. The van der Waals surface area contributed by atoms with Crippen LogP contribution in [0.25, 0.3) is 0 Å². The highest BCUT2D eigenvalue weighted by molar-refractivity contribution is 5.76. The molecule has 1 N–H and O–H groups in total. The number of benzene rings is 1. The number of anilines is 2. The van der Waals surface area contributed by atoms with Crippen LogP contribution < -0.4 is 10.1 Å². The molecule has 8 nitrogen and oxygen atoms in total. The quantitative estimate of drug-likeness (QED) is 0.647. The topological polar surface area (TPSA) is 93.1 Å². The van der Waals surface area contributed by atoms with Crippen molar-refractivity contribution >= 4 is 17.8 Å². The molecule has 8 heteroatoms. The number of hydrogen-bond donors (Lipinski definition) is 1. The highest BCUT2D eigenvalue weighted by Gasteiger charge is 2.28. The third-order valence-electron chi connectivity index (χ3n) is 5.21. The third kappa shape index (κ3) is 4.89. The predicted molar refractivity (Wildman–Crippen MR) is 113 cm³/mol. The molecule has 2 aromatic heterocycles. The van der Waals surface area contributed by atoms with Gasteiger partial charge >= 0.3 is 0 Å². The highest BCUT2D eigenvalue weighted by Crippen LogP contribution is 2.27. The van der Waals surface area contributed by atoms with Gasteiger partial charge in [-0.3, -0.25) is 10.1 Å². The Morgan fingerprint density at radius 1 is 1.10 bits per heavy atom. The van der Waals surface area contributed by atoms with Gasteiger partial charge in [-0.05, 0) is 42.7 Å². The van der Waals surface area contributed by atoms with Gasteiger partial charge in [0.1, 0.15) is 5.75 Å². The van der Waals surface area contributed by atoms with Crippen molar-refractivity contribution in [1.29, 1.82) is 0 Å². The van der Waals surface area contributed by atoms with Gasteiger partial charge in [0.2, 0.25) is 17.8 Å². The van der Waals surface area contributed by atoms with Crippen LogP contribution in [0.15, 0.2) is 55.0 Å². The van der Waals surface area contributed by atoms with Crippen molar-refractivity contribution in [2.45, 2.75) is 25.2 Å². The SMILES string of the molecule is COc1ccc(CCC(=O)N2CCC(c3ccnc(Nc4ncccn4)n3)C2)cc1. The van der Waals surface area contributed by atoms with Gasteiger partial charge in [0.25, 0.3) is 0 Å². The lowest BCUT2D eigenvalue weighted by atomic mass is 10.1. The monoisotopic (exact) mass is 404 g/mol. The fourth-order valence-electron chi connectivity index (χ4n) is 3.55. The molecule has 3 aromatic rings. The summed E-state index contributed by atoms with van der Waals surface area (Å²) in [5.74, 6) is 2.12. The standard InChI is InChI=1S/C22H24N6O2/c1-30-18-6-3-16(4-7-18)5-8-20(29)28-14-10-17(15-28)19-9-13-25-22(26-19)27-21-23-11-2-12-24-21/h2-4,6-7,9,11-13,17H,5,8,10,14-15H2,1H3,(H,23,24,25,26,27). The fraction of sp³-hybridized carbons (Fsp3) is 0.318. The summed E-state index contributed by atoms with van der Waals surface area (Å²) in [6.45, 7) is 1.43. The number of carbonyl (C=O) groups is 1. The van der Waals surface area contributed by atoms with E-state index in [1.54, 1.807) is 31.8 Å². The van der Waals surface area contributed by atoms with Crippen LogP contribution in [0.2, 0.25) is 0 Å². The predicted octanol–water partition coefficient (Wildman–Crippen LogP) is 2.97. The maximum absolute atomic E-state index is 12.7. The van der Waals surface area contributed by atoms with Crippen molar-refractivity contribution < 1.29 is 9.53 Å². The summed E-state index contributed by atoms with van der Waals surface area (Å²) >= 11 is 0. The molecule has 0 radical (unpaired) electrons. The Morgan fingerprint density at radius 3 is 2.63 bits per heavy atom. The summed E-state index contributed by atoms with van der Waals surface area (Å²) < 4.78 is 5.17. The number of ether oxygens (including phenoxy) is 1. The van der Waals surface area contributed by atoms with Gasteiger partial charge in [0, 0.05) is 44.0 Å². The average molecular weight is 404 g/mol. The summed E-state index contributed by atoms with van der Waals surface area (Å²) in [6.07, 6.45) is 7.16. The molecule has 4 rings (SSSR count). The summed E-state index contributed by atoms with van der Waals surface area (Å²) in [5, 5.41) is 3.01. The second-order valence-corrected chi connectivity index (χ2v) is 7.18. The number of carbonyl (C=O) groups excluding carboxylic acids is 1.